The fraction of sp³-hybridized carbons (Fsp3) is 0.875. The van der Waals surface area contributed by atoms with Gasteiger partial charge in [0.25, 0.3) is 0 Å². The van der Waals surface area contributed by atoms with Crippen molar-refractivity contribution in [3.05, 3.63) is 0 Å². The molecule has 1 fully saturated rings. The monoisotopic (exact) mass is 316 g/mol. The Morgan fingerprint density at radius 1 is 1.41 bits per heavy atom. The Bertz CT molecular complexity index is 374. The minimum atomic E-state index is -1.48. The number of carbonyl (C=O) groups excluding carboxylic acids is 2. The third-order valence-electron chi connectivity index (χ3n) is 4.18. The summed E-state index contributed by atoms with van der Waals surface area (Å²) < 4.78 is 19.2. The number of rotatable bonds is 7. The standard InChI is InChI=1S/C16H29FN2O3/c1-12-10-22-11-13(2)19(12)7-6-15(21)18(5)14(9-20)8-16(3,4)17/h9,12-14H,6-8,10-11H2,1-5H3. The van der Waals surface area contributed by atoms with Crippen LogP contribution in [0.25, 0.3) is 0 Å². The summed E-state index contributed by atoms with van der Waals surface area (Å²) in [6.45, 7) is 8.94. The molecule has 1 aliphatic heterocycles. The molecule has 0 aromatic rings. The van der Waals surface area contributed by atoms with Gasteiger partial charge in [0.2, 0.25) is 5.91 Å². The number of nitrogens with zero attached hydrogens (tertiary/aromatic N) is 2. The molecule has 0 saturated carbocycles. The quantitative estimate of drug-likeness (QED) is 0.670. The fourth-order valence-electron chi connectivity index (χ4n) is 2.84. The molecule has 1 amide bonds. The normalized spacial score (nSPS) is 24.8. The maximum Gasteiger partial charge on any atom is 0.224 e. The number of hydrogen-bond donors (Lipinski definition) is 0. The Balaban J connectivity index is 2.54. The zero-order valence-electron chi connectivity index (χ0n) is 14.3. The average Bonchev–Trinajstić information content (AvgIpc) is 2.42. The Morgan fingerprint density at radius 3 is 2.41 bits per heavy atom. The van der Waals surface area contributed by atoms with E-state index in [0.29, 0.717) is 32.5 Å². The molecule has 0 aliphatic carbocycles. The molecule has 5 nitrogen and oxygen atoms in total. The summed E-state index contributed by atoms with van der Waals surface area (Å²) >= 11 is 0. The lowest BCUT2D eigenvalue weighted by Crippen LogP contribution is -2.51. The number of alkyl halides is 1. The smallest absolute Gasteiger partial charge is 0.224 e. The first-order chi connectivity index (χ1) is 10.2. The predicted octanol–water partition coefficient (Wildman–Crippen LogP) is 1.65. The van der Waals surface area contributed by atoms with E-state index in [2.05, 4.69) is 18.7 Å². The van der Waals surface area contributed by atoms with Gasteiger partial charge in [0, 0.05) is 38.5 Å². The summed E-state index contributed by atoms with van der Waals surface area (Å²) in [5, 5.41) is 0. The summed E-state index contributed by atoms with van der Waals surface area (Å²) in [6, 6.07) is -0.172. The van der Waals surface area contributed by atoms with Crippen LogP contribution in [0.4, 0.5) is 4.39 Å². The van der Waals surface area contributed by atoms with Crippen LogP contribution < -0.4 is 0 Å². The van der Waals surface area contributed by atoms with Gasteiger partial charge in [0.05, 0.1) is 19.3 Å². The highest BCUT2D eigenvalue weighted by Gasteiger charge is 2.29. The van der Waals surface area contributed by atoms with Crippen molar-refractivity contribution in [2.75, 3.05) is 26.8 Å². The minimum Gasteiger partial charge on any atom is -0.378 e. The molecule has 1 rings (SSSR count). The average molecular weight is 316 g/mol. The van der Waals surface area contributed by atoms with Crippen molar-refractivity contribution in [3.63, 3.8) is 0 Å². The third-order valence-corrected chi connectivity index (χ3v) is 4.18. The Hall–Kier alpha value is -1.01. The van der Waals surface area contributed by atoms with E-state index in [1.807, 2.05) is 0 Å². The molecule has 6 heteroatoms. The number of likely N-dealkylation sites (N-methyl/N-ethyl adjacent to an activating group) is 1. The second-order valence-electron chi connectivity index (χ2n) is 6.85. The predicted molar refractivity (Wildman–Crippen MR) is 83.5 cm³/mol. The van der Waals surface area contributed by atoms with Gasteiger partial charge in [-0.25, -0.2) is 4.39 Å². The van der Waals surface area contributed by atoms with Crippen molar-refractivity contribution in [1.29, 1.82) is 0 Å². The zero-order valence-corrected chi connectivity index (χ0v) is 14.3. The second-order valence-corrected chi connectivity index (χ2v) is 6.85. The first kappa shape index (κ1) is 19.0. The Kier molecular flexibility index (Phi) is 6.94. The molecule has 0 spiro atoms. The topological polar surface area (TPSA) is 49.9 Å². The highest BCUT2D eigenvalue weighted by molar-refractivity contribution is 5.79. The molecular weight excluding hydrogens is 287 g/mol. The molecule has 0 aromatic carbocycles. The number of morpholine rings is 1. The van der Waals surface area contributed by atoms with Gasteiger partial charge in [-0.3, -0.25) is 9.69 Å². The van der Waals surface area contributed by atoms with Crippen LogP contribution in [-0.4, -0.2) is 72.6 Å². The van der Waals surface area contributed by atoms with Crippen LogP contribution in [0.15, 0.2) is 0 Å². The second kappa shape index (κ2) is 8.02. The van der Waals surface area contributed by atoms with Crippen LogP contribution in [0.3, 0.4) is 0 Å². The highest BCUT2D eigenvalue weighted by Crippen LogP contribution is 2.19. The van der Waals surface area contributed by atoms with E-state index in [1.54, 1.807) is 7.05 Å². The number of halogens is 1. The molecule has 3 unspecified atom stereocenters. The summed E-state index contributed by atoms with van der Waals surface area (Å²) in [5.74, 6) is -0.132. The van der Waals surface area contributed by atoms with E-state index in [1.165, 1.54) is 18.7 Å². The number of aldehydes is 1. The van der Waals surface area contributed by atoms with Crippen LogP contribution >= 0.6 is 0 Å². The van der Waals surface area contributed by atoms with Gasteiger partial charge < -0.3 is 14.4 Å². The molecule has 3 atom stereocenters. The minimum absolute atomic E-state index is 0.0170. The molecule has 0 bridgehead atoms. The molecule has 0 N–H and O–H groups in total. The summed E-state index contributed by atoms with van der Waals surface area (Å²) in [7, 11) is 1.57. The summed E-state index contributed by atoms with van der Waals surface area (Å²) in [6.07, 6.45) is 0.991. The van der Waals surface area contributed by atoms with Crippen molar-refractivity contribution < 1.29 is 18.7 Å². The van der Waals surface area contributed by atoms with Gasteiger partial charge in [-0.15, -0.1) is 0 Å². The van der Waals surface area contributed by atoms with E-state index < -0.39 is 11.7 Å². The van der Waals surface area contributed by atoms with Crippen molar-refractivity contribution in [2.24, 2.45) is 0 Å². The summed E-state index contributed by atoms with van der Waals surface area (Å²) in [4.78, 5) is 27.0. The van der Waals surface area contributed by atoms with Crippen LogP contribution in [0, 0.1) is 0 Å². The van der Waals surface area contributed by atoms with Crippen LogP contribution in [0.2, 0.25) is 0 Å². The number of amides is 1. The van der Waals surface area contributed by atoms with Gasteiger partial charge in [0.15, 0.2) is 0 Å². The maximum atomic E-state index is 13.7. The molecular formula is C16H29FN2O3. The molecule has 22 heavy (non-hydrogen) atoms. The van der Waals surface area contributed by atoms with E-state index in [-0.39, 0.29) is 24.4 Å². The number of carbonyl (C=O) groups is 2. The van der Waals surface area contributed by atoms with Crippen LogP contribution in [-0.2, 0) is 14.3 Å². The summed E-state index contributed by atoms with van der Waals surface area (Å²) in [5.41, 5.74) is -1.48. The van der Waals surface area contributed by atoms with Gasteiger partial charge in [-0.1, -0.05) is 0 Å². The molecule has 1 saturated heterocycles. The lowest BCUT2D eigenvalue weighted by Gasteiger charge is -2.39. The molecule has 1 heterocycles. The zero-order chi connectivity index (χ0) is 16.9. The molecule has 1 aliphatic rings. The lowest BCUT2D eigenvalue weighted by molar-refractivity contribution is -0.136. The van der Waals surface area contributed by atoms with Gasteiger partial charge in [0.1, 0.15) is 12.0 Å². The van der Waals surface area contributed by atoms with Crippen molar-refractivity contribution in [2.45, 2.75) is 64.3 Å². The number of ether oxygens (including phenoxy) is 1. The molecule has 0 radical (unpaired) electrons. The van der Waals surface area contributed by atoms with Crippen molar-refractivity contribution in [1.82, 2.24) is 9.80 Å². The van der Waals surface area contributed by atoms with Gasteiger partial charge in [-0.05, 0) is 27.7 Å². The van der Waals surface area contributed by atoms with Crippen LogP contribution in [0.5, 0.6) is 0 Å². The fourth-order valence-corrected chi connectivity index (χ4v) is 2.84. The maximum absolute atomic E-state index is 13.7. The van der Waals surface area contributed by atoms with E-state index in [0.717, 1.165) is 0 Å². The first-order valence-corrected chi connectivity index (χ1v) is 7.89. The van der Waals surface area contributed by atoms with Crippen molar-refractivity contribution in [3.8, 4) is 0 Å². The van der Waals surface area contributed by atoms with E-state index >= 15 is 0 Å². The van der Waals surface area contributed by atoms with Gasteiger partial charge in [-0.2, -0.15) is 0 Å². The lowest BCUT2D eigenvalue weighted by atomic mass is 10.0. The Morgan fingerprint density at radius 2 is 1.95 bits per heavy atom. The third kappa shape index (κ3) is 5.65. The first-order valence-electron chi connectivity index (χ1n) is 7.89. The molecule has 0 aromatic heterocycles. The molecule has 128 valence electrons. The van der Waals surface area contributed by atoms with Crippen molar-refractivity contribution >= 4 is 12.2 Å². The van der Waals surface area contributed by atoms with Crippen LogP contribution in [0.1, 0.15) is 40.5 Å². The van der Waals surface area contributed by atoms with E-state index in [4.69, 9.17) is 4.74 Å². The number of hydrogen-bond acceptors (Lipinski definition) is 4. The highest BCUT2D eigenvalue weighted by atomic mass is 19.1. The largest absolute Gasteiger partial charge is 0.378 e. The van der Waals surface area contributed by atoms with E-state index in [9.17, 15) is 14.0 Å². The SMILES string of the molecule is CC1COCC(C)N1CCC(=O)N(C)C(C=O)CC(C)(C)F. The Labute approximate surface area is 132 Å². The van der Waals surface area contributed by atoms with Gasteiger partial charge >= 0.3 is 0 Å².